The normalized spacial score (nSPS) is 28.8. The van der Waals surface area contributed by atoms with Gasteiger partial charge in [-0.2, -0.15) is 0 Å². The first-order chi connectivity index (χ1) is 7.05. The Morgan fingerprint density at radius 3 is 2.60 bits per heavy atom. The zero-order valence-corrected chi connectivity index (χ0v) is 10.3. The maximum atomic E-state index is 9.92. The molecule has 15 heavy (non-hydrogen) atoms. The summed E-state index contributed by atoms with van der Waals surface area (Å²) >= 11 is 0. The van der Waals surface area contributed by atoms with Gasteiger partial charge in [-0.05, 0) is 26.7 Å². The van der Waals surface area contributed by atoms with Crippen molar-refractivity contribution in [3.63, 3.8) is 0 Å². The Morgan fingerprint density at radius 2 is 1.93 bits per heavy atom. The highest BCUT2D eigenvalue weighted by atomic mass is 16.5. The SMILES string of the molecule is COC(C)(C)CNC1CCCCCC1O. The molecule has 2 atom stereocenters. The lowest BCUT2D eigenvalue weighted by Crippen LogP contribution is -2.46. The second-order valence-electron chi connectivity index (χ2n) is 5.16. The van der Waals surface area contributed by atoms with Gasteiger partial charge in [-0.25, -0.2) is 0 Å². The summed E-state index contributed by atoms with van der Waals surface area (Å²) in [5.41, 5.74) is -0.147. The van der Waals surface area contributed by atoms with Gasteiger partial charge in [0.25, 0.3) is 0 Å². The summed E-state index contributed by atoms with van der Waals surface area (Å²) in [6.45, 7) is 4.91. The summed E-state index contributed by atoms with van der Waals surface area (Å²) in [6, 6.07) is 0.252. The van der Waals surface area contributed by atoms with Crippen LogP contribution in [-0.2, 0) is 4.74 Å². The molecule has 3 nitrogen and oxygen atoms in total. The largest absolute Gasteiger partial charge is 0.392 e. The van der Waals surface area contributed by atoms with Gasteiger partial charge in [0, 0.05) is 19.7 Å². The highest BCUT2D eigenvalue weighted by molar-refractivity contribution is 4.82. The lowest BCUT2D eigenvalue weighted by Gasteiger charge is -2.28. The molecule has 0 aromatic rings. The van der Waals surface area contributed by atoms with Crippen molar-refractivity contribution in [1.82, 2.24) is 5.32 Å². The van der Waals surface area contributed by atoms with Crippen molar-refractivity contribution in [1.29, 1.82) is 0 Å². The van der Waals surface area contributed by atoms with Gasteiger partial charge in [-0.15, -0.1) is 0 Å². The van der Waals surface area contributed by atoms with Crippen molar-refractivity contribution in [2.45, 2.75) is 63.7 Å². The highest BCUT2D eigenvalue weighted by Crippen LogP contribution is 2.18. The Morgan fingerprint density at radius 1 is 1.27 bits per heavy atom. The molecule has 0 heterocycles. The third kappa shape index (κ3) is 4.49. The molecule has 0 aromatic heterocycles. The molecule has 1 aliphatic carbocycles. The van der Waals surface area contributed by atoms with Gasteiger partial charge in [0.2, 0.25) is 0 Å². The lowest BCUT2D eigenvalue weighted by atomic mass is 10.0. The molecule has 0 spiro atoms. The van der Waals surface area contributed by atoms with Crippen LogP contribution in [0.2, 0.25) is 0 Å². The van der Waals surface area contributed by atoms with E-state index in [4.69, 9.17) is 4.74 Å². The minimum atomic E-state index is -0.180. The fourth-order valence-corrected chi connectivity index (χ4v) is 1.98. The Kier molecular flexibility index (Phi) is 5.03. The van der Waals surface area contributed by atoms with Gasteiger partial charge < -0.3 is 15.2 Å². The van der Waals surface area contributed by atoms with E-state index in [1.165, 1.54) is 12.8 Å². The second kappa shape index (κ2) is 5.83. The standard InChI is InChI=1S/C12H25NO2/c1-12(2,15-3)9-13-10-7-5-4-6-8-11(10)14/h10-11,13-14H,4-9H2,1-3H3. The van der Waals surface area contributed by atoms with Crippen LogP contribution in [0.5, 0.6) is 0 Å². The minimum Gasteiger partial charge on any atom is -0.392 e. The number of ether oxygens (including phenoxy) is 1. The molecule has 90 valence electrons. The van der Waals surface area contributed by atoms with Gasteiger partial charge >= 0.3 is 0 Å². The summed E-state index contributed by atoms with van der Waals surface area (Å²) in [7, 11) is 1.73. The number of methoxy groups -OCH3 is 1. The van der Waals surface area contributed by atoms with E-state index < -0.39 is 0 Å². The zero-order valence-electron chi connectivity index (χ0n) is 10.3. The molecule has 0 bridgehead atoms. The minimum absolute atomic E-state index is 0.147. The maximum Gasteiger partial charge on any atom is 0.0746 e. The molecule has 0 aromatic carbocycles. The lowest BCUT2D eigenvalue weighted by molar-refractivity contribution is 0.0145. The van der Waals surface area contributed by atoms with Crippen LogP contribution in [0.4, 0.5) is 0 Å². The van der Waals surface area contributed by atoms with Crippen molar-refractivity contribution >= 4 is 0 Å². The molecule has 0 aliphatic heterocycles. The van der Waals surface area contributed by atoms with E-state index in [2.05, 4.69) is 19.2 Å². The van der Waals surface area contributed by atoms with Crippen LogP contribution < -0.4 is 5.32 Å². The van der Waals surface area contributed by atoms with E-state index in [1.807, 2.05) is 0 Å². The van der Waals surface area contributed by atoms with Crippen LogP contribution in [0.25, 0.3) is 0 Å². The summed E-state index contributed by atoms with van der Waals surface area (Å²) in [4.78, 5) is 0. The van der Waals surface area contributed by atoms with Crippen LogP contribution in [0.3, 0.4) is 0 Å². The molecular formula is C12H25NO2. The van der Waals surface area contributed by atoms with Crippen molar-refractivity contribution < 1.29 is 9.84 Å². The van der Waals surface area contributed by atoms with Crippen LogP contribution in [0, 0.1) is 0 Å². The molecule has 1 saturated carbocycles. The average molecular weight is 215 g/mol. The number of aliphatic hydroxyl groups is 1. The van der Waals surface area contributed by atoms with Crippen LogP contribution in [-0.4, -0.2) is 36.5 Å². The molecule has 0 amide bonds. The van der Waals surface area contributed by atoms with E-state index in [1.54, 1.807) is 7.11 Å². The highest BCUT2D eigenvalue weighted by Gasteiger charge is 2.24. The zero-order chi connectivity index (χ0) is 11.3. The third-order valence-electron chi connectivity index (χ3n) is 3.32. The quantitative estimate of drug-likeness (QED) is 0.701. The van der Waals surface area contributed by atoms with Crippen LogP contribution in [0.15, 0.2) is 0 Å². The Balaban J connectivity index is 2.35. The number of rotatable bonds is 4. The fraction of sp³-hybridized carbons (Fsp3) is 1.00. The van der Waals surface area contributed by atoms with E-state index in [-0.39, 0.29) is 17.7 Å². The Labute approximate surface area is 93.2 Å². The number of hydrogen-bond donors (Lipinski definition) is 2. The van der Waals surface area contributed by atoms with Crippen molar-refractivity contribution in [2.24, 2.45) is 0 Å². The van der Waals surface area contributed by atoms with Gasteiger partial charge in [0.15, 0.2) is 0 Å². The molecule has 1 fully saturated rings. The first kappa shape index (κ1) is 12.9. The molecule has 3 heteroatoms. The van der Waals surface area contributed by atoms with E-state index >= 15 is 0 Å². The summed E-state index contributed by atoms with van der Waals surface area (Å²) in [6.07, 6.45) is 5.48. The van der Waals surface area contributed by atoms with E-state index in [9.17, 15) is 5.11 Å². The smallest absolute Gasteiger partial charge is 0.0746 e. The monoisotopic (exact) mass is 215 g/mol. The van der Waals surface area contributed by atoms with E-state index in [0.717, 1.165) is 25.8 Å². The predicted molar refractivity (Wildman–Crippen MR) is 62.0 cm³/mol. The first-order valence-electron chi connectivity index (χ1n) is 6.02. The van der Waals surface area contributed by atoms with E-state index in [0.29, 0.717) is 0 Å². The summed E-state index contributed by atoms with van der Waals surface area (Å²) in [5, 5.41) is 13.3. The Hall–Kier alpha value is -0.120. The number of aliphatic hydroxyl groups excluding tert-OH is 1. The van der Waals surface area contributed by atoms with Crippen molar-refractivity contribution in [3.05, 3.63) is 0 Å². The molecule has 0 saturated heterocycles. The maximum absolute atomic E-state index is 9.92. The third-order valence-corrected chi connectivity index (χ3v) is 3.32. The molecule has 0 radical (unpaired) electrons. The molecule has 2 unspecified atom stereocenters. The van der Waals surface area contributed by atoms with Gasteiger partial charge in [0.05, 0.1) is 11.7 Å². The number of nitrogens with one attached hydrogen (secondary N) is 1. The van der Waals surface area contributed by atoms with Gasteiger partial charge in [0.1, 0.15) is 0 Å². The molecule has 1 rings (SSSR count). The molecule has 2 N–H and O–H groups in total. The predicted octanol–water partition coefficient (Wildman–Crippen LogP) is 1.69. The van der Waals surface area contributed by atoms with Crippen LogP contribution >= 0.6 is 0 Å². The topological polar surface area (TPSA) is 41.5 Å². The van der Waals surface area contributed by atoms with Crippen molar-refractivity contribution in [3.8, 4) is 0 Å². The Bertz CT molecular complexity index is 182. The van der Waals surface area contributed by atoms with Crippen LogP contribution in [0.1, 0.15) is 46.0 Å². The first-order valence-corrected chi connectivity index (χ1v) is 6.02. The number of hydrogen-bond acceptors (Lipinski definition) is 3. The average Bonchev–Trinajstić information content (AvgIpc) is 2.40. The van der Waals surface area contributed by atoms with Gasteiger partial charge in [-0.1, -0.05) is 19.3 Å². The second-order valence-corrected chi connectivity index (χ2v) is 5.16. The van der Waals surface area contributed by atoms with Crippen molar-refractivity contribution in [2.75, 3.05) is 13.7 Å². The summed E-state index contributed by atoms with van der Waals surface area (Å²) in [5.74, 6) is 0. The van der Waals surface area contributed by atoms with Gasteiger partial charge in [-0.3, -0.25) is 0 Å². The molecular weight excluding hydrogens is 190 g/mol. The molecule has 1 aliphatic rings. The fourth-order valence-electron chi connectivity index (χ4n) is 1.98. The summed E-state index contributed by atoms with van der Waals surface area (Å²) < 4.78 is 5.35.